The van der Waals surface area contributed by atoms with E-state index in [9.17, 15) is 13.2 Å². The number of rotatable bonds is 4. The molecule has 2 aromatic heterocycles. The summed E-state index contributed by atoms with van der Waals surface area (Å²) < 4.78 is 29.6. The van der Waals surface area contributed by atoms with Crippen LogP contribution in [0.3, 0.4) is 0 Å². The predicted molar refractivity (Wildman–Crippen MR) is 124 cm³/mol. The van der Waals surface area contributed by atoms with E-state index in [-0.39, 0.29) is 31.4 Å². The Labute approximate surface area is 193 Å². The molecular formula is C22H29N7O3S. The second kappa shape index (κ2) is 8.38. The molecule has 33 heavy (non-hydrogen) atoms. The monoisotopic (exact) mass is 471 g/mol. The van der Waals surface area contributed by atoms with Crippen LogP contribution in [0.25, 0.3) is 5.78 Å². The van der Waals surface area contributed by atoms with Crippen LogP contribution in [0.4, 0.5) is 5.95 Å². The number of hydrogen-bond donors (Lipinski definition) is 1. The summed E-state index contributed by atoms with van der Waals surface area (Å²) in [5, 5.41) is 4.14. The summed E-state index contributed by atoms with van der Waals surface area (Å²) >= 11 is 0. The van der Waals surface area contributed by atoms with E-state index in [0.717, 1.165) is 27.9 Å². The minimum Gasteiger partial charge on any atom is -0.366 e. The third kappa shape index (κ3) is 4.18. The zero-order valence-electron chi connectivity index (χ0n) is 19.6. The molecule has 0 saturated carbocycles. The van der Waals surface area contributed by atoms with E-state index in [0.29, 0.717) is 29.5 Å². The Morgan fingerprint density at radius 3 is 2.21 bits per heavy atom. The maximum atomic E-state index is 13.3. The summed E-state index contributed by atoms with van der Waals surface area (Å²) in [6.45, 7) is 10.5. The highest BCUT2D eigenvalue weighted by Gasteiger charge is 2.32. The van der Waals surface area contributed by atoms with E-state index in [4.69, 9.17) is 5.73 Å². The van der Waals surface area contributed by atoms with Gasteiger partial charge in [-0.2, -0.15) is 13.8 Å². The van der Waals surface area contributed by atoms with Crippen molar-refractivity contribution in [3.05, 3.63) is 45.8 Å². The number of anilines is 1. The van der Waals surface area contributed by atoms with Gasteiger partial charge in [-0.25, -0.2) is 13.4 Å². The number of carbonyl (C=O) groups excluding carboxylic acids is 1. The molecule has 0 atom stereocenters. The van der Waals surface area contributed by atoms with Gasteiger partial charge in [0.15, 0.2) is 0 Å². The van der Waals surface area contributed by atoms with E-state index in [1.54, 1.807) is 9.42 Å². The smallest absolute Gasteiger partial charge is 0.254 e. The van der Waals surface area contributed by atoms with Crippen molar-refractivity contribution in [2.24, 2.45) is 0 Å². The molecule has 1 aliphatic rings. The molecule has 4 rings (SSSR count). The lowest BCUT2D eigenvalue weighted by Crippen LogP contribution is -2.51. The summed E-state index contributed by atoms with van der Waals surface area (Å²) in [7, 11) is -3.63. The quantitative estimate of drug-likeness (QED) is 0.608. The van der Waals surface area contributed by atoms with Crippen LogP contribution in [-0.4, -0.2) is 69.3 Å². The molecule has 0 aliphatic carbocycles. The average molecular weight is 472 g/mol. The molecule has 0 bridgehead atoms. The van der Waals surface area contributed by atoms with Gasteiger partial charge in [0, 0.05) is 43.1 Å². The number of amides is 1. The highest BCUT2D eigenvalue weighted by atomic mass is 32.2. The Morgan fingerprint density at radius 1 is 1.00 bits per heavy atom. The minimum atomic E-state index is -3.63. The van der Waals surface area contributed by atoms with E-state index in [1.165, 1.54) is 4.31 Å². The highest BCUT2D eigenvalue weighted by molar-refractivity contribution is 7.89. The predicted octanol–water partition coefficient (Wildman–Crippen LogP) is 1.32. The Balaban J connectivity index is 1.48. The van der Waals surface area contributed by atoms with Crippen LogP contribution in [0, 0.1) is 34.6 Å². The van der Waals surface area contributed by atoms with Crippen LogP contribution in [0.5, 0.6) is 0 Å². The number of benzene rings is 1. The van der Waals surface area contributed by atoms with Gasteiger partial charge in [-0.15, -0.1) is 5.10 Å². The Hall–Kier alpha value is -3.05. The average Bonchev–Trinajstić information content (AvgIpc) is 3.10. The van der Waals surface area contributed by atoms with Crippen molar-refractivity contribution in [1.82, 2.24) is 28.8 Å². The first-order valence-corrected chi connectivity index (χ1v) is 12.3. The Bertz CT molecular complexity index is 1330. The summed E-state index contributed by atoms with van der Waals surface area (Å²) in [4.78, 5) is 23.6. The van der Waals surface area contributed by atoms with Gasteiger partial charge in [-0.3, -0.25) is 4.79 Å². The van der Waals surface area contributed by atoms with Gasteiger partial charge in [0.1, 0.15) is 0 Å². The number of piperazine rings is 1. The summed E-state index contributed by atoms with van der Waals surface area (Å²) in [5.74, 6) is 0.458. The zero-order chi connectivity index (χ0) is 24.1. The molecule has 3 heterocycles. The van der Waals surface area contributed by atoms with Crippen molar-refractivity contribution in [3.63, 3.8) is 0 Å². The van der Waals surface area contributed by atoms with Crippen LogP contribution >= 0.6 is 0 Å². The number of sulfonamides is 1. The lowest BCUT2D eigenvalue weighted by atomic mass is 10.1. The molecule has 1 saturated heterocycles. The zero-order valence-corrected chi connectivity index (χ0v) is 20.4. The fourth-order valence-corrected chi connectivity index (χ4v) is 6.46. The number of fused-ring (bicyclic) bond motifs is 1. The maximum Gasteiger partial charge on any atom is 0.254 e. The molecule has 1 aliphatic heterocycles. The molecule has 0 spiro atoms. The highest BCUT2D eigenvalue weighted by Crippen LogP contribution is 2.26. The summed E-state index contributed by atoms with van der Waals surface area (Å²) in [6.07, 6.45) is 0.156. The first-order valence-electron chi connectivity index (χ1n) is 10.8. The second-order valence-corrected chi connectivity index (χ2v) is 10.5. The molecule has 0 radical (unpaired) electrons. The standard InChI is InChI=1S/C22H29N7O3S/c1-13-10-14(2)20(15(3)11-13)33(31,32)28-8-6-27(7-9-28)19(30)12-18-16(4)24-22-25-21(23)26-29(22)17(18)5/h10-11H,6-9,12H2,1-5H3,(H2,23,26). The van der Waals surface area contributed by atoms with Gasteiger partial charge < -0.3 is 10.6 Å². The number of nitrogen functional groups attached to an aromatic ring is 1. The van der Waals surface area contributed by atoms with Crippen molar-refractivity contribution in [2.75, 3.05) is 31.9 Å². The fraction of sp³-hybridized carbons (Fsp3) is 0.455. The normalized spacial score (nSPS) is 15.4. The molecule has 1 fully saturated rings. The fourth-order valence-electron chi connectivity index (χ4n) is 4.62. The van der Waals surface area contributed by atoms with Crippen molar-refractivity contribution in [2.45, 2.75) is 45.9 Å². The topological polar surface area (TPSA) is 127 Å². The van der Waals surface area contributed by atoms with Crippen molar-refractivity contribution >= 4 is 27.7 Å². The molecule has 2 N–H and O–H groups in total. The third-order valence-electron chi connectivity index (χ3n) is 6.19. The summed E-state index contributed by atoms with van der Waals surface area (Å²) in [6, 6.07) is 3.77. The molecule has 1 aromatic carbocycles. The number of nitrogens with two attached hydrogens (primary N) is 1. The largest absolute Gasteiger partial charge is 0.366 e. The van der Waals surface area contributed by atoms with E-state index < -0.39 is 10.0 Å². The first-order chi connectivity index (χ1) is 15.5. The Kier molecular flexibility index (Phi) is 5.87. The molecule has 0 unspecified atom stereocenters. The van der Waals surface area contributed by atoms with Crippen molar-refractivity contribution in [1.29, 1.82) is 0 Å². The van der Waals surface area contributed by atoms with Gasteiger partial charge in [-0.1, -0.05) is 17.7 Å². The van der Waals surface area contributed by atoms with E-state index >= 15 is 0 Å². The van der Waals surface area contributed by atoms with Crippen LogP contribution in [0.1, 0.15) is 33.6 Å². The number of carbonyl (C=O) groups is 1. The number of aromatic nitrogens is 4. The lowest BCUT2D eigenvalue weighted by molar-refractivity contribution is -0.131. The van der Waals surface area contributed by atoms with Crippen molar-refractivity contribution < 1.29 is 13.2 Å². The minimum absolute atomic E-state index is 0.0739. The van der Waals surface area contributed by atoms with Gasteiger partial charge in [0.25, 0.3) is 5.78 Å². The summed E-state index contributed by atoms with van der Waals surface area (Å²) in [5.41, 5.74) is 10.4. The SMILES string of the molecule is Cc1cc(C)c(S(=O)(=O)N2CCN(C(=O)Cc3c(C)nc4nc(N)nn4c3C)CC2)c(C)c1. The number of aryl methyl sites for hydroxylation is 5. The van der Waals surface area contributed by atoms with Gasteiger partial charge >= 0.3 is 0 Å². The van der Waals surface area contributed by atoms with Crippen molar-refractivity contribution in [3.8, 4) is 0 Å². The maximum absolute atomic E-state index is 13.3. The molecular weight excluding hydrogens is 442 g/mol. The molecule has 176 valence electrons. The Morgan fingerprint density at radius 2 is 1.61 bits per heavy atom. The van der Waals surface area contributed by atoms with Gasteiger partial charge in [-0.05, 0) is 45.7 Å². The van der Waals surface area contributed by atoms with E-state index in [1.807, 2.05) is 46.8 Å². The molecule has 10 nitrogen and oxygen atoms in total. The first kappa shape index (κ1) is 23.1. The third-order valence-corrected chi connectivity index (χ3v) is 8.39. The number of hydrogen-bond acceptors (Lipinski definition) is 7. The molecule has 1 amide bonds. The van der Waals surface area contributed by atoms with Crippen LogP contribution in [-0.2, 0) is 21.2 Å². The lowest BCUT2D eigenvalue weighted by Gasteiger charge is -2.34. The number of nitrogens with zero attached hydrogens (tertiary/aromatic N) is 6. The van der Waals surface area contributed by atoms with Crippen LogP contribution in [0.2, 0.25) is 0 Å². The molecule has 11 heteroatoms. The van der Waals surface area contributed by atoms with Crippen LogP contribution in [0.15, 0.2) is 17.0 Å². The van der Waals surface area contributed by atoms with Gasteiger partial charge in [0.05, 0.1) is 11.3 Å². The van der Waals surface area contributed by atoms with E-state index in [2.05, 4.69) is 15.1 Å². The molecule has 3 aromatic rings. The van der Waals surface area contributed by atoms with Gasteiger partial charge in [0.2, 0.25) is 21.9 Å². The van der Waals surface area contributed by atoms with Crippen LogP contribution < -0.4 is 5.73 Å². The second-order valence-electron chi connectivity index (χ2n) is 8.63.